The number of piperidine rings is 1. The molecule has 1 aliphatic carbocycles. The molecule has 1 amide bonds. The van der Waals surface area contributed by atoms with Gasteiger partial charge < -0.3 is 14.7 Å². The van der Waals surface area contributed by atoms with Gasteiger partial charge in [0.05, 0.1) is 17.9 Å². The normalized spacial score (nSPS) is 29.7. The first-order chi connectivity index (χ1) is 10.0. The average molecular weight is 297 g/mol. The molecule has 6 heteroatoms. The molecule has 2 unspecified atom stereocenters. The number of hydrogen-bond acceptors (Lipinski definition) is 3. The number of halogens is 2. The Balaban J connectivity index is 1.56. The van der Waals surface area contributed by atoms with E-state index in [4.69, 9.17) is 4.74 Å². The van der Waals surface area contributed by atoms with Crippen LogP contribution in [0.1, 0.15) is 12.0 Å². The summed E-state index contributed by atoms with van der Waals surface area (Å²) in [6.45, 7) is -0.262. The Labute approximate surface area is 121 Å². The van der Waals surface area contributed by atoms with Crippen molar-refractivity contribution >= 4 is 6.09 Å². The van der Waals surface area contributed by atoms with E-state index in [2.05, 4.69) is 0 Å². The number of carbonyl (C=O) groups excluding carboxylic acids is 1. The smallest absolute Gasteiger partial charge is 0.410 e. The molecule has 0 aromatic heterocycles. The Morgan fingerprint density at radius 3 is 2.71 bits per heavy atom. The number of aliphatic hydroxyl groups is 1. The minimum absolute atomic E-state index is 0.0544. The third-order valence-corrected chi connectivity index (χ3v) is 4.66. The van der Waals surface area contributed by atoms with Gasteiger partial charge in [-0.25, -0.2) is 13.6 Å². The zero-order valence-electron chi connectivity index (χ0n) is 11.5. The summed E-state index contributed by atoms with van der Waals surface area (Å²) in [7, 11) is 0. The second-order valence-corrected chi connectivity index (χ2v) is 5.73. The van der Waals surface area contributed by atoms with Gasteiger partial charge in [0.2, 0.25) is 0 Å². The molecular formula is C15H17F2NO3. The number of ether oxygens (including phenoxy) is 1. The lowest BCUT2D eigenvalue weighted by Gasteiger charge is -2.28. The number of rotatable bonds is 3. The van der Waals surface area contributed by atoms with E-state index < -0.39 is 30.0 Å². The lowest BCUT2D eigenvalue weighted by molar-refractivity contribution is 0.0304. The number of nitrogens with zero attached hydrogens (tertiary/aromatic N) is 1. The third kappa shape index (κ3) is 2.18. The molecule has 3 rings (SSSR count). The summed E-state index contributed by atoms with van der Waals surface area (Å²) in [5.41, 5.74) is -0.465. The summed E-state index contributed by atoms with van der Waals surface area (Å²) in [5, 5.41) is 9.19. The summed E-state index contributed by atoms with van der Waals surface area (Å²) in [6.07, 6.45) is -0.463. The van der Waals surface area contributed by atoms with E-state index in [9.17, 15) is 18.7 Å². The highest BCUT2D eigenvalue weighted by Crippen LogP contribution is 2.69. The van der Waals surface area contributed by atoms with Gasteiger partial charge in [0.1, 0.15) is 6.61 Å². The van der Waals surface area contributed by atoms with Crippen molar-refractivity contribution < 1.29 is 23.4 Å². The molecule has 2 atom stereocenters. The summed E-state index contributed by atoms with van der Waals surface area (Å²) < 4.78 is 32.6. The van der Waals surface area contributed by atoms with Crippen molar-refractivity contribution in [1.82, 2.24) is 4.90 Å². The largest absolute Gasteiger partial charge is 0.445 e. The lowest BCUT2D eigenvalue weighted by Crippen LogP contribution is -2.40. The molecule has 1 saturated carbocycles. The number of amides is 1. The highest BCUT2D eigenvalue weighted by atomic mass is 19.3. The Morgan fingerprint density at radius 2 is 2.10 bits per heavy atom. The van der Waals surface area contributed by atoms with Crippen LogP contribution in [0.15, 0.2) is 30.3 Å². The molecule has 0 bridgehead atoms. The summed E-state index contributed by atoms with van der Waals surface area (Å²) in [4.78, 5) is 13.2. The number of likely N-dealkylation sites (tertiary alicyclic amines) is 1. The van der Waals surface area contributed by atoms with E-state index in [0.29, 0.717) is 0 Å². The Kier molecular flexibility index (Phi) is 3.36. The van der Waals surface area contributed by atoms with E-state index in [1.807, 2.05) is 30.3 Å². The lowest BCUT2D eigenvalue weighted by atomic mass is 9.96. The maximum atomic E-state index is 13.7. The predicted molar refractivity (Wildman–Crippen MR) is 70.8 cm³/mol. The molecule has 1 saturated heterocycles. The molecule has 1 aromatic carbocycles. The standard InChI is InChI=1S/C15H17F2NO3/c16-15(17)12-8-18(7-6-14(12,15)10-19)13(20)21-9-11-4-2-1-3-5-11/h1-5,12,19H,6-10H2. The zero-order valence-corrected chi connectivity index (χ0v) is 11.5. The second kappa shape index (κ2) is 4.94. The van der Waals surface area contributed by atoms with Crippen molar-refractivity contribution in [3.63, 3.8) is 0 Å². The van der Waals surface area contributed by atoms with Gasteiger partial charge in [0.15, 0.2) is 0 Å². The van der Waals surface area contributed by atoms with Crippen molar-refractivity contribution in [3.8, 4) is 0 Å². The van der Waals surface area contributed by atoms with Crippen LogP contribution in [0.5, 0.6) is 0 Å². The van der Waals surface area contributed by atoms with Crippen molar-refractivity contribution in [1.29, 1.82) is 0 Å². The Morgan fingerprint density at radius 1 is 1.38 bits per heavy atom. The highest BCUT2D eigenvalue weighted by Gasteiger charge is 2.81. The number of benzene rings is 1. The zero-order chi connectivity index (χ0) is 15.1. The van der Waals surface area contributed by atoms with Crippen LogP contribution >= 0.6 is 0 Å². The first-order valence-corrected chi connectivity index (χ1v) is 6.95. The molecule has 4 nitrogen and oxygen atoms in total. The molecular weight excluding hydrogens is 280 g/mol. The van der Waals surface area contributed by atoms with Gasteiger partial charge in [-0.15, -0.1) is 0 Å². The second-order valence-electron chi connectivity index (χ2n) is 5.73. The molecule has 21 heavy (non-hydrogen) atoms. The van der Waals surface area contributed by atoms with Crippen LogP contribution in [0.2, 0.25) is 0 Å². The Hall–Kier alpha value is -1.69. The number of hydrogen-bond donors (Lipinski definition) is 1. The van der Waals surface area contributed by atoms with E-state index in [-0.39, 0.29) is 26.1 Å². The SMILES string of the molecule is O=C(OCc1ccccc1)N1CCC2(CO)C(C1)C2(F)F. The van der Waals surface area contributed by atoms with Crippen LogP contribution in [0.25, 0.3) is 0 Å². The number of fused-ring (bicyclic) bond motifs is 1. The minimum Gasteiger partial charge on any atom is -0.445 e. The van der Waals surface area contributed by atoms with Gasteiger partial charge >= 0.3 is 6.09 Å². The fourth-order valence-corrected chi connectivity index (χ4v) is 3.14. The third-order valence-electron chi connectivity index (χ3n) is 4.66. The van der Waals surface area contributed by atoms with Gasteiger partial charge in [-0.1, -0.05) is 30.3 Å². The van der Waals surface area contributed by atoms with Crippen molar-refractivity contribution in [2.24, 2.45) is 11.3 Å². The van der Waals surface area contributed by atoms with Gasteiger partial charge in [0.25, 0.3) is 5.92 Å². The minimum atomic E-state index is -2.88. The van der Waals surface area contributed by atoms with Crippen LogP contribution in [-0.4, -0.2) is 41.7 Å². The Bertz CT molecular complexity index is 537. The van der Waals surface area contributed by atoms with Crippen LogP contribution in [0.4, 0.5) is 13.6 Å². The molecule has 114 valence electrons. The van der Waals surface area contributed by atoms with Crippen molar-refractivity contribution in [2.75, 3.05) is 19.7 Å². The van der Waals surface area contributed by atoms with Gasteiger partial charge in [-0.05, 0) is 12.0 Å². The molecule has 1 N–H and O–H groups in total. The van der Waals surface area contributed by atoms with Gasteiger partial charge in [0, 0.05) is 13.1 Å². The van der Waals surface area contributed by atoms with Crippen LogP contribution in [0.3, 0.4) is 0 Å². The molecule has 1 heterocycles. The summed E-state index contributed by atoms with van der Waals surface area (Å²) in [6, 6.07) is 9.19. The van der Waals surface area contributed by atoms with E-state index in [1.165, 1.54) is 4.90 Å². The van der Waals surface area contributed by atoms with Crippen molar-refractivity contribution in [2.45, 2.75) is 19.0 Å². The van der Waals surface area contributed by atoms with E-state index >= 15 is 0 Å². The quantitative estimate of drug-likeness (QED) is 0.931. The fraction of sp³-hybridized carbons (Fsp3) is 0.533. The fourth-order valence-electron chi connectivity index (χ4n) is 3.14. The summed E-state index contributed by atoms with van der Waals surface area (Å²) in [5.74, 6) is -3.83. The summed E-state index contributed by atoms with van der Waals surface area (Å²) >= 11 is 0. The highest BCUT2D eigenvalue weighted by molar-refractivity contribution is 5.68. The van der Waals surface area contributed by atoms with E-state index in [0.717, 1.165) is 5.56 Å². The maximum absolute atomic E-state index is 13.7. The maximum Gasteiger partial charge on any atom is 0.410 e. The molecule has 2 fully saturated rings. The first-order valence-electron chi connectivity index (χ1n) is 6.95. The van der Waals surface area contributed by atoms with Crippen molar-refractivity contribution in [3.05, 3.63) is 35.9 Å². The number of carbonyl (C=O) groups is 1. The first kappa shape index (κ1) is 14.3. The predicted octanol–water partition coefficient (Wildman–Crippen LogP) is 2.27. The van der Waals surface area contributed by atoms with Gasteiger partial charge in [-0.3, -0.25) is 0 Å². The number of alkyl halides is 2. The molecule has 1 aliphatic heterocycles. The molecule has 1 aromatic rings. The van der Waals surface area contributed by atoms with Crippen LogP contribution < -0.4 is 0 Å². The average Bonchev–Trinajstić information content (AvgIpc) is 3.02. The number of aliphatic hydroxyl groups excluding tert-OH is 1. The molecule has 2 aliphatic rings. The molecule has 0 spiro atoms. The van der Waals surface area contributed by atoms with Gasteiger partial charge in [-0.2, -0.15) is 0 Å². The van der Waals surface area contributed by atoms with E-state index in [1.54, 1.807) is 0 Å². The topological polar surface area (TPSA) is 49.8 Å². The molecule has 0 radical (unpaired) electrons. The monoisotopic (exact) mass is 297 g/mol. The van der Waals surface area contributed by atoms with Crippen LogP contribution in [0, 0.1) is 11.3 Å². The van der Waals surface area contributed by atoms with Crippen LogP contribution in [-0.2, 0) is 11.3 Å².